The summed E-state index contributed by atoms with van der Waals surface area (Å²) in [5.41, 5.74) is 2.97. The summed E-state index contributed by atoms with van der Waals surface area (Å²) in [5.74, 6) is 0.313. The summed E-state index contributed by atoms with van der Waals surface area (Å²) in [7, 11) is 0. The van der Waals surface area contributed by atoms with Gasteiger partial charge in [0.2, 0.25) is 17.7 Å². The molecule has 0 unspecified atom stereocenters. The Hall–Kier alpha value is -3.48. The van der Waals surface area contributed by atoms with Crippen molar-refractivity contribution in [3.8, 4) is 11.5 Å². The number of para-hydroxylation sites is 2. The molecule has 2 aromatic heterocycles. The molecule has 0 fully saturated rings. The van der Waals surface area contributed by atoms with Crippen molar-refractivity contribution in [2.24, 2.45) is 0 Å². The van der Waals surface area contributed by atoms with Gasteiger partial charge in [-0.2, -0.15) is 0 Å². The number of hydrogen-bond acceptors (Lipinski definition) is 4. The third-order valence-electron chi connectivity index (χ3n) is 4.34. The van der Waals surface area contributed by atoms with Crippen LogP contribution in [0, 0.1) is 5.82 Å². The van der Waals surface area contributed by atoms with Gasteiger partial charge in [-0.1, -0.05) is 19.1 Å². The lowest BCUT2D eigenvalue weighted by Gasteiger charge is -2.08. The summed E-state index contributed by atoms with van der Waals surface area (Å²) in [6.07, 6.45) is 2.42. The molecule has 4 aromatic rings. The lowest BCUT2D eigenvalue weighted by Crippen LogP contribution is -2.18. The Morgan fingerprint density at radius 1 is 1.14 bits per heavy atom. The molecule has 0 aliphatic heterocycles. The first-order valence-corrected chi connectivity index (χ1v) is 9.09. The van der Waals surface area contributed by atoms with Crippen LogP contribution < -0.4 is 5.32 Å². The fourth-order valence-electron chi connectivity index (χ4n) is 3.07. The molecule has 0 radical (unpaired) electrons. The minimum atomic E-state index is -0.329. The molecule has 142 valence electrons. The fraction of sp³-hybridized carbons (Fsp3) is 0.190. The average molecular weight is 378 g/mol. The Labute approximate surface area is 161 Å². The average Bonchev–Trinajstić information content (AvgIpc) is 3.28. The standard InChI is InChI=1S/C21H19FN4O2/c1-2-11-26-18-6-4-3-5-17(18)24-21(26)25-19(27)12-16-13-28-20(23-16)14-7-9-15(22)10-8-14/h3-10,13H,2,11-12H2,1H3,(H,24,25,27). The Balaban J connectivity index is 1.50. The molecule has 28 heavy (non-hydrogen) atoms. The summed E-state index contributed by atoms with van der Waals surface area (Å²) in [4.78, 5) is 21.4. The molecule has 0 aliphatic rings. The number of rotatable bonds is 6. The van der Waals surface area contributed by atoms with E-state index in [0.717, 1.165) is 24.0 Å². The molecule has 0 aliphatic carbocycles. The van der Waals surface area contributed by atoms with Crippen molar-refractivity contribution in [3.63, 3.8) is 0 Å². The number of nitrogens with zero attached hydrogens (tertiary/aromatic N) is 3. The van der Waals surface area contributed by atoms with Gasteiger partial charge in [0.15, 0.2) is 0 Å². The maximum absolute atomic E-state index is 13.0. The van der Waals surface area contributed by atoms with E-state index in [2.05, 4.69) is 22.2 Å². The molecule has 6 nitrogen and oxygen atoms in total. The topological polar surface area (TPSA) is 73.0 Å². The first-order valence-electron chi connectivity index (χ1n) is 9.09. The van der Waals surface area contributed by atoms with Gasteiger partial charge in [0.1, 0.15) is 12.1 Å². The molecule has 0 saturated carbocycles. The SMILES string of the molecule is CCCn1c(NC(=O)Cc2coc(-c3ccc(F)cc3)n2)nc2ccccc21. The highest BCUT2D eigenvalue weighted by atomic mass is 19.1. The van der Waals surface area contributed by atoms with E-state index in [-0.39, 0.29) is 18.1 Å². The highest BCUT2D eigenvalue weighted by Gasteiger charge is 2.15. The van der Waals surface area contributed by atoms with E-state index in [1.807, 2.05) is 28.8 Å². The zero-order chi connectivity index (χ0) is 19.5. The Kier molecular flexibility index (Phi) is 4.89. The summed E-state index contributed by atoms with van der Waals surface area (Å²) in [6, 6.07) is 13.6. The Morgan fingerprint density at radius 3 is 2.71 bits per heavy atom. The van der Waals surface area contributed by atoms with Gasteiger partial charge in [0.25, 0.3) is 0 Å². The number of aryl methyl sites for hydroxylation is 1. The molecule has 1 N–H and O–H groups in total. The molecule has 1 amide bonds. The number of oxazole rings is 1. The van der Waals surface area contributed by atoms with Crippen LogP contribution in [0.1, 0.15) is 19.0 Å². The third kappa shape index (κ3) is 3.64. The van der Waals surface area contributed by atoms with E-state index in [9.17, 15) is 9.18 Å². The molecule has 0 spiro atoms. The zero-order valence-corrected chi connectivity index (χ0v) is 15.4. The van der Waals surface area contributed by atoms with Crippen LogP contribution in [0.25, 0.3) is 22.5 Å². The van der Waals surface area contributed by atoms with Crippen LogP contribution in [0.2, 0.25) is 0 Å². The maximum atomic E-state index is 13.0. The smallest absolute Gasteiger partial charge is 0.232 e. The largest absolute Gasteiger partial charge is 0.444 e. The predicted molar refractivity (Wildman–Crippen MR) is 104 cm³/mol. The van der Waals surface area contributed by atoms with Crippen LogP contribution in [0.5, 0.6) is 0 Å². The number of anilines is 1. The van der Waals surface area contributed by atoms with Crippen molar-refractivity contribution in [2.45, 2.75) is 26.3 Å². The second kappa shape index (κ2) is 7.64. The number of nitrogens with one attached hydrogen (secondary N) is 1. The lowest BCUT2D eigenvalue weighted by molar-refractivity contribution is -0.115. The maximum Gasteiger partial charge on any atom is 0.232 e. The van der Waals surface area contributed by atoms with Crippen molar-refractivity contribution in [2.75, 3.05) is 5.32 Å². The lowest BCUT2D eigenvalue weighted by atomic mass is 10.2. The highest BCUT2D eigenvalue weighted by Crippen LogP contribution is 2.21. The number of carbonyl (C=O) groups excluding carboxylic acids is 1. The molecule has 0 atom stereocenters. The van der Waals surface area contributed by atoms with E-state index in [4.69, 9.17) is 4.42 Å². The van der Waals surface area contributed by atoms with Gasteiger partial charge in [-0.05, 0) is 42.8 Å². The summed E-state index contributed by atoms with van der Waals surface area (Å²) >= 11 is 0. The second-order valence-electron chi connectivity index (χ2n) is 6.45. The molecule has 0 bridgehead atoms. The van der Waals surface area contributed by atoms with Crippen LogP contribution >= 0.6 is 0 Å². The van der Waals surface area contributed by atoms with Crippen molar-refractivity contribution in [3.05, 3.63) is 66.3 Å². The van der Waals surface area contributed by atoms with Gasteiger partial charge in [-0.15, -0.1) is 0 Å². The van der Waals surface area contributed by atoms with E-state index >= 15 is 0 Å². The van der Waals surface area contributed by atoms with Crippen LogP contribution in [-0.4, -0.2) is 20.4 Å². The monoisotopic (exact) mass is 378 g/mol. The normalized spacial score (nSPS) is 11.1. The number of benzene rings is 2. The first kappa shape index (κ1) is 17.9. The Morgan fingerprint density at radius 2 is 1.93 bits per heavy atom. The van der Waals surface area contributed by atoms with Crippen LogP contribution in [-0.2, 0) is 17.8 Å². The van der Waals surface area contributed by atoms with Crippen molar-refractivity contribution < 1.29 is 13.6 Å². The quantitative estimate of drug-likeness (QED) is 0.539. The van der Waals surface area contributed by atoms with Gasteiger partial charge in [0.05, 0.1) is 23.1 Å². The highest BCUT2D eigenvalue weighted by molar-refractivity contribution is 5.92. The van der Waals surface area contributed by atoms with Gasteiger partial charge in [-0.3, -0.25) is 10.1 Å². The number of amides is 1. The number of fused-ring (bicyclic) bond motifs is 1. The fourth-order valence-corrected chi connectivity index (χ4v) is 3.07. The molecule has 7 heteroatoms. The number of halogens is 1. The van der Waals surface area contributed by atoms with Gasteiger partial charge < -0.3 is 8.98 Å². The van der Waals surface area contributed by atoms with Crippen LogP contribution in [0.15, 0.2) is 59.2 Å². The molecule has 2 aromatic carbocycles. The molecular formula is C21H19FN4O2. The summed E-state index contributed by atoms with van der Waals surface area (Å²) < 4.78 is 20.5. The molecule has 0 saturated heterocycles. The molecule has 2 heterocycles. The van der Waals surface area contributed by atoms with Crippen molar-refractivity contribution in [1.82, 2.24) is 14.5 Å². The minimum absolute atomic E-state index is 0.0556. The van der Waals surface area contributed by atoms with Crippen molar-refractivity contribution >= 4 is 22.9 Å². The summed E-state index contributed by atoms with van der Waals surface area (Å²) in [5, 5.41) is 2.87. The van der Waals surface area contributed by atoms with Crippen molar-refractivity contribution in [1.29, 1.82) is 0 Å². The minimum Gasteiger partial charge on any atom is -0.444 e. The van der Waals surface area contributed by atoms with Crippen LogP contribution in [0.4, 0.5) is 10.3 Å². The van der Waals surface area contributed by atoms with Gasteiger partial charge in [0, 0.05) is 12.1 Å². The summed E-state index contributed by atoms with van der Waals surface area (Å²) in [6.45, 7) is 2.83. The molecule has 4 rings (SSSR count). The van der Waals surface area contributed by atoms with E-state index in [1.165, 1.54) is 18.4 Å². The van der Waals surface area contributed by atoms with E-state index in [0.29, 0.717) is 23.1 Å². The van der Waals surface area contributed by atoms with E-state index < -0.39 is 0 Å². The first-order chi connectivity index (χ1) is 13.6. The van der Waals surface area contributed by atoms with Crippen LogP contribution in [0.3, 0.4) is 0 Å². The number of carbonyl (C=O) groups is 1. The van der Waals surface area contributed by atoms with E-state index in [1.54, 1.807) is 12.1 Å². The predicted octanol–water partition coefficient (Wildman–Crippen LogP) is 4.42. The third-order valence-corrected chi connectivity index (χ3v) is 4.34. The number of aromatic nitrogens is 3. The zero-order valence-electron chi connectivity index (χ0n) is 15.4. The van der Waals surface area contributed by atoms with Gasteiger partial charge >= 0.3 is 0 Å². The number of imidazole rings is 1. The Bertz CT molecular complexity index is 1120. The number of hydrogen-bond donors (Lipinski definition) is 1. The molecular weight excluding hydrogens is 359 g/mol. The van der Waals surface area contributed by atoms with Gasteiger partial charge in [-0.25, -0.2) is 14.4 Å². The second-order valence-corrected chi connectivity index (χ2v) is 6.45.